The molecule has 0 unspecified atom stereocenters. The zero-order chi connectivity index (χ0) is 18.1. The largest absolute Gasteiger partial charge is 0.398 e. The molecule has 0 heterocycles. The summed E-state index contributed by atoms with van der Waals surface area (Å²) >= 11 is 0. The minimum atomic E-state index is -0.997. The molecule has 4 heteroatoms. The number of hydrogen-bond donors (Lipinski definition) is 4. The zero-order valence-electron chi connectivity index (χ0n) is 14.7. The van der Waals surface area contributed by atoms with Crippen molar-refractivity contribution >= 4 is 23.5 Å². The summed E-state index contributed by atoms with van der Waals surface area (Å²) in [7, 11) is 0. The minimum absolute atomic E-state index is 0.566. The lowest BCUT2D eigenvalue weighted by Crippen LogP contribution is -2.17. The lowest BCUT2D eigenvalue weighted by molar-refractivity contribution is 0.0788. The van der Waals surface area contributed by atoms with Crippen LogP contribution in [-0.4, -0.2) is 10.2 Å². The summed E-state index contributed by atoms with van der Waals surface area (Å²) in [6, 6.07) is 11.1. The van der Waals surface area contributed by atoms with Crippen LogP contribution >= 0.6 is 0 Å². The Labute approximate surface area is 143 Å². The van der Waals surface area contributed by atoms with E-state index < -0.39 is 11.2 Å². The molecule has 2 aromatic rings. The molecule has 0 amide bonds. The molecule has 0 atom stereocenters. The third kappa shape index (κ3) is 4.16. The van der Waals surface area contributed by atoms with E-state index in [-0.39, 0.29) is 0 Å². The fraction of sp³-hybridized carbons (Fsp3) is 0.300. The quantitative estimate of drug-likeness (QED) is 0.511. The summed E-state index contributed by atoms with van der Waals surface area (Å²) in [6.07, 6.45) is 3.88. The summed E-state index contributed by atoms with van der Waals surface area (Å²) in [6.45, 7) is 6.84. The minimum Gasteiger partial charge on any atom is -0.398 e. The molecule has 0 saturated heterocycles. The zero-order valence-corrected chi connectivity index (χ0v) is 14.7. The second-order valence-corrected chi connectivity index (χ2v) is 7.14. The Morgan fingerprint density at radius 1 is 0.708 bits per heavy atom. The van der Waals surface area contributed by atoms with Gasteiger partial charge in [-0.05, 0) is 63.1 Å². The van der Waals surface area contributed by atoms with Crippen molar-refractivity contribution in [3.63, 3.8) is 0 Å². The van der Waals surface area contributed by atoms with Crippen molar-refractivity contribution < 1.29 is 10.2 Å². The first kappa shape index (κ1) is 18.0. The summed E-state index contributed by atoms with van der Waals surface area (Å²) in [5.41, 5.74) is 14.3. The van der Waals surface area contributed by atoms with Crippen LogP contribution in [0.4, 0.5) is 11.4 Å². The van der Waals surface area contributed by atoms with Gasteiger partial charge in [-0.2, -0.15) is 0 Å². The maximum atomic E-state index is 10.2. The third-order valence-electron chi connectivity index (χ3n) is 3.94. The van der Waals surface area contributed by atoms with Crippen LogP contribution in [0.1, 0.15) is 49.9 Å². The van der Waals surface area contributed by atoms with Gasteiger partial charge < -0.3 is 21.7 Å². The van der Waals surface area contributed by atoms with Crippen molar-refractivity contribution in [2.45, 2.75) is 38.9 Å². The molecule has 128 valence electrons. The van der Waals surface area contributed by atoms with Gasteiger partial charge in [-0.15, -0.1) is 0 Å². The standard InChI is InChI=1S/C20H26N2O2/c1-19(2,23)15-11-13(7-9-17(15)21)5-6-14-8-10-18(22)16(12-14)20(3,4)24/h5-12,23-24H,21-22H2,1-4H3/b6-5+. The first-order valence-corrected chi connectivity index (χ1v) is 7.91. The fourth-order valence-corrected chi connectivity index (χ4v) is 2.61. The molecule has 0 aliphatic carbocycles. The van der Waals surface area contributed by atoms with Crippen molar-refractivity contribution in [1.29, 1.82) is 0 Å². The van der Waals surface area contributed by atoms with Crippen LogP contribution in [0.25, 0.3) is 12.2 Å². The highest BCUT2D eigenvalue weighted by Crippen LogP contribution is 2.29. The Kier molecular flexibility index (Phi) is 4.74. The molecule has 2 rings (SSSR count). The highest BCUT2D eigenvalue weighted by molar-refractivity contribution is 5.73. The van der Waals surface area contributed by atoms with Crippen molar-refractivity contribution in [3.05, 3.63) is 58.7 Å². The normalized spacial score (nSPS) is 12.8. The Bertz CT molecular complexity index is 701. The van der Waals surface area contributed by atoms with Gasteiger partial charge in [0.15, 0.2) is 0 Å². The van der Waals surface area contributed by atoms with Crippen LogP contribution < -0.4 is 11.5 Å². The molecule has 0 fully saturated rings. The average molecular weight is 326 g/mol. The maximum Gasteiger partial charge on any atom is 0.0860 e. The first-order chi connectivity index (χ1) is 11.0. The number of aliphatic hydroxyl groups is 2. The predicted octanol–water partition coefficient (Wildman–Crippen LogP) is 3.48. The lowest BCUT2D eigenvalue weighted by Gasteiger charge is -2.21. The Hall–Kier alpha value is -2.30. The summed E-state index contributed by atoms with van der Waals surface area (Å²) in [5, 5.41) is 20.4. The predicted molar refractivity (Wildman–Crippen MR) is 101 cm³/mol. The second kappa shape index (κ2) is 6.30. The SMILES string of the molecule is CC(C)(O)c1cc(/C=C/c2ccc(N)c(C(C)(C)O)c2)ccc1N. The smallest absolute Gasteiger partial charge is 0.0860 e. The van der Waals surface area contributed by atoms with E-state index in [1.807, 2.05) is 36.4 Å². The van der Waals surface area contributed by atoms with Crippen molar-refractivity contribution in [3.8, 4) is 0 Å². The van der Waals surface area contributed by atoms with E-state index in [2.05, 4.69) is 0 Å². The van der Waals surface area contributed by atoms with E-state index in [1.54, 1.807) is 39.8 Å². The second-order valence-electron chi connectivity index (χ2n) is 7.14. The van der Waals surface area contributed by atoms with Crippen LogP contribution in [-0.2, 0) is 11.2 Å². The van der Waals surface area contributed by atoms with Crippen LogP contribution in [0.2, 0.25) is 0 Å². The van der Waals surface area contributed by atoms with E-state index in [4.69, 9.17) is 11.5 Å². The topological polar surface area (TPSA) is 92.5 Å². The van der Waals surface area contributed by atoms with Crippen LogP contribution in [0.15, 0.2) is 36.4 Å². The van der Waals surface area contributed by atoms with Crippen molar-refractivity contribution in [2.75, 3.05) is 11.5 Å². The molecule has 0 bridgehead atoms. The van der Waals surface area contributed by atoms with Gasteiger partial charge in [0.1, 0.15) is 0 Å². The van der Waals surface area contributed by atoms with E-state index >= 15 is 0 Å². The molecule has 0 aliphatic rings. The summed E-state index contributed by atoms with van der Waals surface area (Å²) < 4.78 is 0. The van der Waals surface area contributed by atoms with Crippen LogP contribution in [0.5, 0.6) is 0 Å². The van der Waals surface area contributed by atoms with Crippen LogP contribution in [0, 0.1) is 0 Å². The Morgan fingerprint density at radius 2 is 1.04 bits per heavy atom. The Balaban J connectivity index is 2.36. The molecule has 0 radical (unpaired) electrons. The van der Waals surface area contributed by atoms with Gasteiger partial charge in [-0.1, -0.05) is 24.3 Å². The number of benzene rings is 2. The molecular formula is C20H26N2O2. The molecule has 0 spiro atoms. The molecule has 6 N–H and O–H groups in total. The van der Waals surface area contributed by atoms with Gasteiger partial charge in [0.05, 0.1) is 11.2 Å². The van der Waals surface area contributed by atoms with Gasteiger partial charge in [-0.25, -0.2) is 0 Å². The molecule has 24 heavy (non-hydrogen) atoms. The van der Waals surface area contributed by atoms with Gasteiger partial charge >= 0.3 is 0 Å². The molecule has 4 nitrogen and oxygen atoms in total. The van der Waals surface area contributed by atoms with Crippen molar-refractivity contribution in [2.24, 2.45) is 0 Å². The summed E-state index contributed by atoms with van der Waals surface area (Å²) in [5.74, 6) is 0. The number of rotatable bonds is 4. The van der Waals surface area contributed by atoms with Gasteiger partial charge in [-0.3, -0.25) is 0 Å². The van der Waals surface area contributed by atoms with E-state index in [1.165, 1.54) is 0 Å². The number of nitrogens with two attached hydrogens (primary N) is 2. The van der Waals surface area contributed by atoms with Crippen LogP contribution in [0.3, 0.4) is 0 Å². The van der Waals surface area contributed by atoms with Gasteiger partial charge in [0.25, 0.3) is 0 Å². The molecular weight excluding hydrogens is 300 g/mol. The molecule has 0 saturated carbocycles. The lowest BCUT2D eigenvalue weighted by atomic mass is 9.93. The van der Waals surface area contributed by atoms with E-state index in [0.29, 0.717) is 22.5 Å². The summed E-state index contributed by atoms with van der Waals surface area (Å²) in [4.78, 5) is 0. The molecule has 0 aromatic heterocycles. The Morgan fingerprint density at radius 3 is 1.33 bits per heavy atom. The van der Waals surface area contributed by atoms with E-state index in [9.17, 15) is 10.2 Å². The average Bonchev–Trinajstić information content (AvgIpc) is 2.45. The number of nitrogen functional groups attached to an aromatic ring is 2. The highest BCUT2D eigenvalue weighted by atomic mass is 16.3. The third-order valence-corrected chi connectivity index (χ3v) is 3.94. The fourth-order valence-electron chi connectivity index (χ4n) is 2.61. The number of anilines is 2. The van der Waals surface area contributed by atoms with Gasteiger partial charge in [0.2, 0.25) is 0 Å². The monoisotopic (exact) mass is 326 g/mol. The van der Waals surface area contributed by atoms with Crippen molar-refractivity contribution in [1.82, 2.24) is 0 Å². The highest BCUT2D eigenvalue weighted by Gasteiger charge is 2.20. The first-order valence-electron chi connectivity index (χ1n) is 7.91. The maximum absolute atomic E-state index is 10.2. The molecule has 2 aromatic carbocycles. The number of hydrogen-bond acceptors (Lipinski definition) is 4. The van der Waals surface area contributed by atoms with Gasteiger partial charge in [0, 0.05) is 22.5 Å². The molecule has 0 aliphatic heterocycles. The van der Waals surface area contributed by atoms with E-state index in [0.717, 1.165) is 11.1 Å².